The van der Waals surface area contributed by atoms with Crippen LogP contribution in [0.4, 0.5) is 0 Å². The normalized spacial score (nSPS) is 13.7. The third-order valence-electron chi connectivity index (χ3n) is 3.75. The van der Waals surface area contributed by atoms with Crippen LogP contribution >= 0.6 is 11.6 Å². The summed E-state index contributed by atoms with van der Waals surface area (Å²) in [6.45, 7) is 4.37. The molecule has 2 aromatic rings. The summed E-state index contributed by atoms with van der Waals surface area (Å²) < 4.78 is 5.20. The van der Waals surface area contributed by atoms with Crippen LogP contribution in [0.2, 0.25) is 5.02 Å². The summed E-state index contributed by atoms with van der Waals surface area (Å²) in [7, 11) is 1.68. The van der Waals surface area contributed by atoms with Gasteiger partial charge in [-0.1, -0.05) is 42.8 Å². The number of hydrogen-bond acceptors (Lipinski definition) is 2. The Labute approximate surface area is 132 Å². The predicted molar refractivity (Wildman–Crippen MR) is 89.0 cm³/mol. The topological polar surface area (TPSA) is 21.3 Å². The van der Waals surface area contributed by atoms with Crippen molar-refractivity contribution in [1.29, 1.82) is 0 Å². The molecular weight excluding hydrogens is 282 g/mol. The third kappa shape index (κ3) is 4.23. The van der Waals surface area contributed by atoms with Gasteiger partial charge in [0.05, 0.1) is 7.11 Å². The monoisotopic (exact) mass is 303 g/mol. The van der Waals surface area contributed by atoms with E-state index < -0.39 is 0 Å². The maximum absolute atomic E-state index is 5.96. The van der Waals surface area contributed by atoms with Gasteiger partial charge in [0.2, 0.25) is 0 Å². The summed E-state index contributed by atoms with van der Waals surface area (Å²) in [5, 5.41) is 4.45. The smallest absolute Gasteiger partial charge is 0.118 e. The molecule has 0 aromatic heterocycles. The Hall–Kier alpha value is -1.51. The molecule has 2 nitrogen and oxygen atoms in total. The van der Waals surface area contributed by atoms with Crippen LogP contribution in [0.15, 0.2) is 48.5 Å². The Balaban J connectivity index is 2.08. The van der Waals surface area contributed by atoms with Crippen molar-refractivity contribution in [1.82, 2.24) is 5.32 Å². The van der Waals surface area contributed by atoms with Crippen molar-refractivity contribution in [2.75, 3.05) is 7.11 Å². The largest absolute Gasteiger partial charge is 0.497 e. The van der Waals surface area contributed by atoms with E-state index in [1.807, 2.05) is 24.3 Å². The second-order valence-corrected chi connectivity index (χ2v) is 5.61. The summed E-state index contributed by atoms with van der Waals surface area (Å²) >= 11 is 5.96. The quantitative estimate of drug-likeness (QED) is 0.796. The lowest BCUT2D eigenvalue weighted by Gasteiger charge is -2.23. The van der Waals surface area contributed by atoms with E-state index in [9.17, 15) is 0 Å². The van der Waals surface area contributed by atoms with Crippen LogP contribution in [-0.2, 0) is 0 Å². The van der Waals surface area contributed by atoms with E-state index in [2.05, 4.69) is 43.4 Å². The first kappa shape index (κ1) is 15.9. The lowest BCUT2D eigenvalue weighted by Crippen LogP contribution is -2.24. The zero-order chi connectivity index (χ0) is 15.2. The molecular formula is C18H22ClNO. The lowest BCUT2D eigenvalue weighted by molar-refractivity contribution is 0.413. The van der Waals surface area contributed by atoms with E-state index in [1.54, 1.807) is 7.11 Å². The molecule has 1 N–H and O–H groups in total. The van der Waals surface area contributed by atoms with Crippen molar-refractivity contribution < 1.29 is 4.74 Å². The molecule has 2 aromatic carbocycles. The van der Waals surface area contributed by atoms with Gasteiger partial charge in [0.15, 0.2) is 0 Å². The van der Waals surface area contributed by atoms with Gasteiger partial charge >= 0.3 is 0 Å². The number of halogens is 1. The van der Waals surface area contributed by atoms with E-state index >= 15 is 0 Å². The molecule has 0 fully saturated rings. The van der Waals surface area contributed by atoms with Crippen molar-refractivity contribution in [3.63, 3.8) is 0 Å². The van der Waals surface area contributed by atoms with Gasteiger partial charge < -0.3 is 10.1 Å². The Morgan fingerprint density at radius 3 is 2.10 bits per heavy atom. The van der Waals surface area contributed by atoms with Gasteiger partial charge in [-0.05, 0) is 48.7 Å². The van der Waals surface area contributed by atoms with E-state index in [1.165, 1.54) is 11.1 Å². The fourth-order valence-electron chi connectivity index (χ4n) is 2.44. The minimum atomic E-state index is 0.275. The molecule has 0 aliphatic rings. The van der Waals surface area contributed by atoms with Gasteiger partial charge in [0.25, 0.3) is 0 Å². The maximum atomic E-state index is 5.96. The first-order chi connectivity index (χ1) is 10.1. The molecule has 0 bridgehead atoms. The first-order valence-corrected chi connectivity index (χ1v) is 7.67. The lowest BCUT2D eigenvalue weighted by atomic mass is 10.0. The highest BCUT2D eigenvalue weighted by Crippen LogP contribution is 2.24. The Bertz CT molecular complexity index is 550. The second-order valence-electron chi connectivity index (χ2n) is 5.17. The molecule has 0 heterocycles. The zero-order valence-corrected chi connectivity index (χ0v) is 13.5. The number of hydrogen-bond donors (Lipinski definition) is 1. The molecule has 112 valence electrons. The molecule has 0 radical (unpaired) electrons. The van der Waals surface area contributed by atoms with Crippen LogP contribution < -0.4 is 10.1 Å². The van der Waals surface area contributed by atoms with Crippen LogP contribution in [0.25, 0.3) is 0 Å². The molecule has 2 rings (SSSR count). The molecule has 3 heteroatoms. The fraction of sp³-hybridized carbons (Fsp3) is 0.333. The van der Waals surface area contributed by atoms with Crippen molar-refractivity contribution in [2.45, 2.75) is 32.4 Å². The van der Waals surface area contributed by atoms with Gasteiger partial charge in [-0.3, -0.25) is 0 Å². The molecule has 0 aliphatic heterocycles. The van der Waals surface area contributed by atoms with Crippen LogP contribution in [0.5, 0.6) is 5.75 Å². The van der Waals surface area contributed by atoms with Crippen LogP contribution in [0, 0.1) is 0 Å². The van der Waals surface area contributed by atoms with Crippen LogP contribution in [0.3, 0.4) is 0 Å². The number of methoxy groups -OCH3 is 1. The van der Waals surface area contributed by atoms with Crippen molar-refractivity contribution in [2.24, 2.45) is 0 Å². The highest BCUT2D eigenvalue weighted by Gasteiger charge is 2.13. The standard InChI is InChI=1S/C18H22ClNO/c1-4-18(15-5-9-16(19)10-6-15)20-13(2)14-7-11-17(21-3)12-8-14/h5-13,18,20H,4H2,1-3H3. The third-order valence-corrected chi connectivity index (χ3v) is 4.00. The molecule has 21 heavy (non-hydrogen) atoms. The predicted octanol–water partition coefficient (Wildman–Crippen LogP) is 5.15. The van der Waals surface area contributed by atoms with E-state index in [4.69, 9.17) is 16.3 Å². The van der Waals surface area contributed by atoms with E-state index in [0.717, 1.165) is 17.2 Å². The van der Waals surface area contributed by atoms with Crippen molar-refractivity contribution in [3.8, 4) is 5.75 Å². The number of rotatable bonds is 6. The van der Waals surface area contributed by atoms with Gasteiger partial charge in [0.1, 0.15) is 5.75 Å². The molecule has 0 amide bonds. The Morgan fingerprint density at radius 2 is 1.57 bits per heavy atom. The first-order valence-electron chi connectivity index (χ1n) is 7.29. The Kier molecular flexibility index (Phi) is 5.66. The van der Waals surface area contributed by atoms with Gasteiger partial charge in [-0.15, -0.1) is 0 Å². The zero-order valence-electron chi connectivity index (χ0n) is 12.8. The summed E-state index contributed by atoms with van der Waals surface area (Å²) in [5.74, 6) is 0.885. The fourth-order valence-corrected chi connectivity index (χ4v) is 2.56. The Morgan fingerprint density at radius 1 is 1.00 bits per heavy atom. The van der Waals surface area contributed by atoms with Crippen molar-refractivity contribution >= 4 is 11.6 Å². The summed E-state index contributed by atoms with van der Waals surface area (Å²) in [5.41, 5.74) is 2.52. The number of ether oxygens (including phenoxy) is 1. The SMILES string of the molecule is CCC(NC(C)c1ccc(OC)cc1)c1ccc(Cl)cc1. The summed E-state index contributed by atoms with van der Waals surface area (Å²) in [4.78, 5) is 0. The van der Waals surface area contributed by atoms with Crippen molar-refractivity contribution in [3.05, 3.63) is 64.7 Å². The van der Waals surface area contributed by atoms with Gasteiger partial charge in [0, 0.05) is 17.1 Å². The van der Waals surface area contributed by atoms with E-state index in [-0.39, 0.29) is 6.04 Å². The highest BCUT2D eigenvalue weighted by atomic mass is 35.5. The van der Waals surface area contributed by atoms with Gasteiger partial charge in [-0.25, -0.2) is 0 Å². The maximum Gasteiger partial charge on any atom is 0.118 e. The van der Waals surface area contributed by atoms with Crippen LogP contribution in [-0.4, -0.2) is 7.11 Å². The molecule has 2 atom stereocenters. The highest BCUT2D eigenvalue weighted by molar-refractivity contribution is 6.30. The minimum absolute atomic E-state index is 0.275. The average Bonchev–Trinajstić information content (AvgIpc) is 2.53. The number of benzene rings is 2. The molecule has 0 aliphatic carbocycles. The number of nitrogens with one attached hydrogen (secondary N) is 1. The van der Waals surface area contributed by atoms with Gasteiger partial charge in [-0.2, -0.15) is 0 Å². The second kappa shape index (κ2) is 7.48. The molecule has 2 unspecified atom stereocenters. The molecule has 0 saturated heterocycles. The van der Waals surface area contributed by atoms with Crippen LogP contribution in [0.1, 0.15) is 43.5 Å². The summed E-state index contributed by atoms with van der Waals surface area (Å²) in [6.07, 6.45) is 1.03. The molecule has 0 spiro atoms. The minimum Gasteiger partial charge on any atom is -0.497 e. The average molecular weight is 304 g/mol. The molecule has 0 saturated carbocycles. The summed E-state index contributed by atoms with van der Waals surface area (Å²) in [6, 6.07) is 16.9. The van der Waals surface area contributed by atoms with E-state index in [0.29, 0.717) is 6.04 Å².